The normalized spacial score (nSPS) is 24.2. The first kappa shape index (κ1) is 46.3. The van der Waals surface area contributed by atoms with Crippen LogP contribution < -0.4 is 0 Å². The molecule has 310 valence electrons. The minimum absolute atomic E-state index is 0.0204. The standard InChI is InChI=1S/C42H64ClNO11/c1-39(2,3)35(47)53-31-30(25-51-38(50)42(10,11)21-14-12-13-15-23-45)52-34(44-22-20-28(46)24-29(44)26-16-18-27(43)19-17-26)33(55-37(49)41(7,8)9)32(31)54-36(48)40(4,5)6/h16-19,29-34,45H,12-15,20-25H2,1-11H3/t29-,30+,31-,32-,33+,34+/m0/s1. The molecule has 0 unspecified atom stereocenters. The Hall–Kier alpha value is -3.06. The van der Waals surface area contributed by atoms with Crippen molar-refractivity contribution >= 4 is 41.3 Å². The van der Waals surface area contributed by atoms with E-state index in [2.05, 4.69) is 0 Å². The molecule has 2 saturated heterocycles. The first-order valence-corrected chi connectivity index (χ1v) is 19.8. The van der Waals surface area contributed by atoms with Crippen molar-refractivity contribution in [2.45, 2.75) is 158 Å². The zero-order valence-corrected chi connectivity index (χ0v) is 35.5. The molecule has 1 aromatic rings. The van der Waals surface area contributed by atoms with Crippen LogP contribution in [0.3, 0.4) is 0 Å². The van der Waals surface area contributed by atoms with E-state index in [0.29, 0.717) is 17.9 Å². The predicted octanol–water partition coefficient (Wildman–Crippen LogP) is 7.16. The van der Waals surface area contributed by atoms with Gasteiger partial charge in [0.2, 0.25) is 0 Å². The van der Waals surface area contributed by atoms with E-state index in [9.17, 15) is 24.0 Å². The Kier molecular flexibility index (Phi) is 15.9. The number of hydrogen-bond donors (Lipinski definition) is 1. The van der Waals surface area contributed by atoms with Gasteiger partial charge in [0.15, 0.2) is 24.5 Å². The lowest BCUT2D eigenvalue weighted by Crippen LogP contribution is -2.68. The number of nitrogens with zero attached hydrogens (tertiary/aromatic N) is 1. The van der Waals surface area contributed by atoms with E-state index < -0.39 is 82.2 Å². The summed E-state index contributed by atoms with van der Waals surface area (Å²) in [5, 5.41) is 9.64. The number of aliphatic hydroxyl groups is 1. The van der Waals surface area contributed by atoms with Crippen LogP contribution in [0.1, 0.15) is 133 Å². The smallest absolute Gasteiger partial charge is 0.311 e. The highest BCUT2D eigenvalue weighted by Gasteiger charge is 2.57. The number of unbranched alkanes of at least 4 members (excludes halogenated alkanes) is 3. The molecule has 0 amide bonds. The predicted molar refractivity (Wildman–Crippen MR) is 207 cm³/mol. The van der Waals surface area contributed by atoms with Crippen LogP contribution in [0.25, 0.3) is 0 Å². The number of piperidine rings is 1. The minimum Gasteiger partial charge on any atom is -0.462 e. The molecule has 6 atom stereocenters. The lowest BCUT2D eigenvalue weighted by molar-refractivity contribution is -0.289. The number of rotatable bonds is 14. The van der Waals surface area contributed by atoms with E-state index in [-0.39, 0.29) is 38.4 Å². The molecule has 0 radical (unpaired) electrons. The Labute approximate surface area is 332 Å². The Morgan fingerprint density at radius 2 is 1.25 bits per heavy atom. The summed E-state index contributed by atoms with van der Waals surface area (Å²) in [4.78, 5) is 69.8. The Morgan fingerprint density at radius 1 is 0.745 bits per heavy atom. The molecule has 0 saturated carbocycles. The van der Waals surface area contributed by atoms with Crippen molar-refractivity contribution < 1.29 is 52.8 Å². The molecule has 1 N–H and O–H groups in total. The third kappa shape index (κ3) is 13.0. The van der Waals surface area contributed by atoms with Gasteiger partial charge in [-0.05, 0) is 107 Å². The second-order valence-corrected chi connectivity index (χ2v) is 19.0. The van der Waals surface area contributed by atoms with E-state index in [0.717, 1.165) is 24.8 Å². The average Bonchev–Trinajstić information content (AvgIpc) is 3.07. The number of ether oxygens (including phenoxy) is 5. The second kappa shape index (κ2) is 18.9. The molecule has 12 nitrogen and oxygen atoms in total. The fourth-order valence-electron chi connectivity index (χ4n) is 6.23. The minimum atomic E-state index is -1.41. The zero-order valence-electron chi connectivity index (χ0n) is 34.7. The van der Waals surface area contributed by atoms with E-state index in [4.69, 9.17) is 40.4 Å². The van der Waals surface area contributed by atoms with Crippen LogP contribution >= 0.6 is 11.6 Å². The van der Waals surface area contributed by atoms with Crippen molar-refractivity contribution in [2.75, 3.05) is 19.8 Å². The van der Waals surface area contributed by atoms with Crippen LogP contribution in [0, 0.1) is 21.7 Å². The Balaban J connectivity index is 2.18. The number of likely N-dealkylation sites (tertiary alicyclic amines) is 1. The lowest BCUT2D eigenvalue weighted by Gasteiger charge is -2.51. The van der Waals surface area contributed by atoms with Gasteiger partial charge in [0.1, 0.15) is 18.5 Å². The summed E-state index contributed by atoms with van der Waals surface area (Å²) >= 11 is 6.24. The van der Waals surface area contributed by atoms with Gasteiger partial charge < -0.3 is 28.8 Å². The number of halogens is 1. The quantitative estimate of drug-likeness (QED) is 0.116. The van der Waals surface area contributed by atoms with Gasteiger partial charge in [0, 0.05) is 37.1 Å². The lowest BCUT2D eigenvalue weighted by atomic mass is 9.87. The van der Waals surface area contributed by atoms with Gasteiger partial charge in [-0.15, -0.1) is 0 Å². The molecule has 2 heterocycles. The monoisotopic (exact) mass is 793 g/mol. The van der Waals surface area contributed by atoms with Crippen molar-refractivity contribution in [1.82, 2.24) is 4.90 Å². The van der Waals surface area contributed by atoms with Crippen molar-refractivity contribution in [2.24, 2.45) is 21.7 Å². The molecule has 0 spiro atoms. The molecule has 13 heteroatoms. The fraction of sp³-hybridized carbons (Fsp3) is 0.738. The molecule has 55 heavy (non-hydrogen) atoms. The van der Waals surface area contributed by atoms with Gasteiger partial charge in [-0.3, -0.25) is 28.9 Å². The topological polar surface area (TPSA) is 155 Å². The second-order valence-electron chi connectivity index (χ2n) is 18.6. The van der Waals surface area contributed by atoms with E-state index >= 15 is 0 Å². The van der Waals surface area contributed by atoms with Crippen LogP contribution in [0.5, 0.6) is 0 Å². The molecule has 3 rings (SSSR count). The summed E-state index contributed by atoms with van der Waals surface area (Å²) in [6.45, 7) is 18.6. The number of hydrogen-bond acceptors (Lipinski definition) is 12. The van der Waals surface area contributed by atoms with Gasteiger partial charge >= 0.3 is 23.9 Å². The molecule has 2 fully saturated rings. The molecule has 0 aromatic heterocycles. The number of carbonyl (C=O) groups excluding carboxylic acids is 5. The number of Topliss-reactive ketones (excluding diaryl/α,β-unsaturated/α-hetero) is 1. The first-order valence-electron chi connectivity index (χ1n) is 19.5. The summed E-state index contributed by atoms with van der Waals surface area (Å²) < 4.78 is 31.5. The third-order valence-corrected chi connectivity index (χ3v) is 10.1. The maximum Gasteiger partial charge on any atom is 0.311 e. The Morgan fingerprint density at radius 3 is 1.78 bits per heavy atom. The Bertz CT molecular complexity index is 1490. The van der Waals surface area contributed by atoms with Gasteiger partial charge in [-0.1, -0.05) is 43.0 Å². The summed E-state index contributed by atoms with van der Waals surface area (Å²) in [6, 6.07) is 6.51. The third-order valence-electron chi connectivity index (χ3n) is 9.87. The average molecular weight is 794 g/mol. The first-order chi connectivity index (χ1) is 25.4. The molecule has 1 aromatic carbocycles. The molecular weight excluding hydrogens is 730 g/mol. The summed E-state index contributed by atoms with van der Waals surface area (Å²) in [7, 11) is 0. The summed E-state index contributed by atoms with van der Waals surface area (Å²) in [5.41, 5.74) is -3.13. The van der Waals surface area contributed by atoms with Crippen molar-refractivity contribution in [1.29, 1.82) is 0 Å². The van der Waals surface area contributed by atoms with Crippen LogP contribution in [0.4, 0.5) is 0 Å². The number of esters is 4. The maximum absolute atomic E-state index is 13.8. The number of ketones is 1. The highest BCUT2D eigenvalue weighted by atomic mass is 35.5. The van der Waals surface area contributed by atoms with Crippen molar-refractivity contribution in [3.05, 3.63) is 34.9 Å². The van der Waals surface area contributed by atoms with E-state index in [1.807, 2.05) is 17.0 Å². The summed E-state index contributed by atoms with van der Waals surface area (Å²) in [5.74, 6) is -2.38. The van der Waals surface area contributed by atoms with Crippen molar-refractivity contribution in [3.63, 3.8) is 0 Å². The SMILES string of the molecule is CC(C)(C)C(=O)O[C@@H]1[C@@H](OC(=O)C(C)(C)C)[C@H](N2CCC(=O)C[C@H]2c2ccc(Cl)cc2)O[C@H](COC(=O)C(C)(C)CCCCCCO)[C@@H]1OC(=O)C(C)(C)C. The van der Waals surface area contributed by atoms with Crippen LogP contribution in [-0.2, 0) is 47.7 Å². The molecule has 0 aliphatic carbocycles. The molecule has 0 bridgehead atoms. The van der Waals surface area contributed by atoms with Gasteiger partial charge in [-0.25, -0.2) is 0 Å². The highest BCUT2D eigenvalue weighted by molar-refractivity contribution is 6.30. The van der Waals surface area contributed by atoms with Crippen molar-refractivity contribution in [3.8, 4) is 0 Å². The van der Waals surface area contributed by atoms with E-state index in [1.54, 1.807) is 88.3 Å². The molecular formula is C42H64ClNO11. The van der Waals surface area contributed by atoms with Gasteiger partial charge in [0.25, 0.3) is 0 Å². The van der Waals surface area contributed by atoms with Gasteiger partial charge in [0.05, 0.1) is 21.7 Å². The highest BCUT2D eigenvalue weighted by Crippen LogP contribution is 2.40. The molecule has 2 aliphatic heterocycles. The van der Waals surface area contributed by atoms with Crippen LogP contribution in [-0.4, -0.2) is 90.1 Å². The zero-order chi connectivity index (χ0) is 41.5. The molecule has 2 aliphatic rings. The summed E-state index contributed by atoms with van der Waals surface area (Å²) in [6.07, 6.45) is -2.51. The van der Waals surface area contributed by atoms with Crippen LogP contribution in [0.2, 0.25) is 5.02 Å². The number of benzene rings is 1. The van der Waals surface area contributed by atoms with Crippen LogP contribution in [0.15, 0.2) is 24.3 Å². The number of aliphatic hydroxyl groups excluding tert-OH is 1. The fourth-order valence-corrected chi connectivity index (χ4v) is 6.36. The van der Waals surface area contributed by atoms with Gasteiger partial charge in [-0.2, -0.15) is 0 Å². The maximum atomic E-state index is 13.8. The number of carbonyl (C=O) groups is 5. The van der Waals surface area contributed by atoms with E-state index in [1.165, 1.54) is 0 Å². The largest absolute Gasteiger partial charge is 0.462 e.